The van der Waals surface area contributed by atoms with E-state index in [1.807, 2.05) is 0 Å². The molecule has 15 heavy (non-hydrogen) atoms. The topological polar surface area (TPSA) is 46.5 Å². The third kappa shape index (κ3) is 4.20. The van der Waals surface area contributed by atoms with Crippen molar-refractivity contribution in [3.63, 3.8) is 0 Å². The summed E-state index contributed by atoms with van der Waals surface area (Å²) in [5.41, 5.74) is 0. The normalized spacial score (nSPS) is 37.4. The van der Waals surface area contributed by atoms with E-state index in [-0.39, 0.29) is 12.2 Å². The number of hydrogen-bond acceptors (Lipinski definition) is 3. The second-order valence-corrected chi connectivity index (χ2v) is 5.08. The highest BCUT2D eigenvalue weighted by Crippen LogP contribution is 2.51. The molecule has 0 amide bonds. The molecule has 1 N–H and O–H groups in total. The Bertz CT molecular complexity index is 203. The van der Waals surface area contributed by atoms with Crippen LogP contribution in [-0.4, -0.2) is 23.8 Å². The van der Waals surface area contributed by atoms with Crippen LogP contribution >= 0.6 is 0 Å². The zero-order chi connectivity index (χ0) is 11.4. The summed E-state index contributed by atoms with van der Waals surface area (Å²) in [5.74, 6) is 2.40. The first kappa shape index (κ1) is 12.5. The van der Waals surface area contributed by atoms with E-state index in [9.17, 15) is 9.90 Å². The van der Waals surface area contributed by atoms with Gasteiger partial charge in [0.1, 0.15) is 0 Å². The summed E-state index contributed by atoms with van der Waals surface area (Å²) in [6.45, 7) is 6.30. The summed E-state index contributed by atoms with van der Waals surface area (Å²) in [6.07, 6.45) is 3.83. The lowest BCUT2D eigenvalue weighted by Crippen LogP contribution is -2.20. The Morgan fingerprint density at radius 2 is 2.00 bits per heavy atom. The molecule has 0 saturated heterocycles. The highest BCUT2D eigenvalue weighted by Gasteiger charge is 2.46. The highest BCUT2D eigenvalue weighted by molar-refractivity contribution is 5.37. The van der Waals surface area contributed by atoms with Crippen LogP contribution in [0.25, 0.3) is 0 Å². The Hall–Kier alpha value is -0.570. The molecule has 0 aromatic rings. The van der Waals surface area contributed by atoms with Crippen LogP contribution in [0, 0.1) is 17.8 Å². The SMILES string of the molecule is CC(C)OC=O.CC1CC(O)C2CC2C1. The standard InChI is InChI=1S/C8H14O.C4H8O2/c1-5-2-6-4-7(6)8(9)3-5;1-4(2)6-3-5/h5-9H,2-4H2,1H3;3-4H,1-2H3. The maximum absolute atomic E-state index is 9.39. The fourth-order valence-electron chi connectivity index (χ4n) is 2.32. The lowest BCUT2D eigenvalue weighted by Gasteiger charge is -2.21. The molecule has 0 aromatic heterocycles. The number of aliphatic hydroxyl groups is 1. The minimum absolute atomic E-state index is 0.0301. The van der Waals surface area contributed by atoms with Gasteiger partial charge in [0.05, 0.1) is 12.2 Å². The van der Waals surface area contributed by atoms with Crippen LogP contribution in [0.2, 0.25) is 0 Å². The van der Waals surface area contributed by atoms with E-state index in [0.29, 0.717) is 12.4 Å². The lowest BCUT2D eigenvalue weighted by molar-refractivity contribution is -0.131. The van der Waals surface area contributed by atoms with E-state index in [1.54, 1.807) is 13.8 Å². The van der Waals surface area contributed by atoms with Crippen molar-refractivity contribution in [1.29, 1.82) is 0 Å². The third-order valence-electron chi connectivity index (χ3n) is 3.15. The summed E-state index contributed by atoms with van der Waals surface area (Å²) >= 11 is 0. The van der Waals surface area contributed by atoms with Gasteiger partial charge in [-0.05, 0) is 50.9 Å². The number of ether oxygens (including phenoxy) is 1. The van der Waals surface area contributed by atoms with Crippen LogP contribution < -0.4 is 0 Å². The Balaban J connectivity index is 0.000000167. The first-order valence-electron chi connectivity index (χ1n) is 5.81. The van der Waals surface area contributed by atoms with Crippen LogP contribution in [0.4, 0.5) is 0 Å². The molecule has 0 aliphatic heterocycles. The van der Waals surface area contributed by atoms with Gasteiger partial charge in [-0.15, -0.1) is 0 Å². The van der Waals surface area contributed by atoms with Gasteiger partial charge in [-0.3, -0.25) is 4.79 Å². The second kappa shape index (κ2) is 5.50. The van der Waals surface area contributed by atoms with E-state index < -0.39 is 0 Å². The van der Waals surface area contributed by atoms with Crippen molar-refractivity contribution in [2.45, 2.75) is 52.2 Å². The molecular weight excluding hydrogens is 192 g/mol. The smallest absolute Gasteiger partial charge is 0.293 e. The van der Waals surface area contributed by atoms with Gasteiger partial charge in [-0.25, -0.2) is 0 Å². The van der Waals surface area contributed by atoms with E-state index in [2.05, 4.69) is 11.7 Å². The molecule has 0 radical (unpaired) electrons. The molecule has 4 unspecified atom stereocenters. The van der Waals surface area contributed by atoms with Crippen LogP contribution in [0.3, 0.4) is 0 Å². The monoisotopic (exact) mass is 214 g/mol. The molecule has 4 atom stereocenters. The lowest BCUT2D eigenvalue weighted by atomic mass is 9.89. The molecular formula is C12H22O3. The van der Waals surface area contributed by atoms with Crippen LogP contribution in [0.1, 0.15) is 40.0 Å². The average Bonchev–Trinajstić information content (AvgIpc) is 2.83. The zero-order valence-corrected chi connectivity index (χ0v) is 9.85. The highest BCUT2D eigenvalue weighted by atomic mass is 16.5. The quantitative estimate of drug-likeness (QED) is 0.715. The molecule has 2 saturated carbocycles. The van der Waals surface area contributed by atoms with Crippen LogP contribution in [-0.2, 0) is 9.53 Å². The van der Waals surface area contributed by atoms with Gasteiger partial charge in [0.15, 0.2) is 0 Å². The molecule has 88 valence electrons. The van der Waals surface area contributed by atoms with Crippen molar-refractivity contribution >= 4 is 6.47 Å². The molecule has 3 heteroatoms. The summed E-state index contributed by atoms with van der Waals surface area (Å²) in [6, 6.07) is 0. The van der Waals surface area contributed by atoms with E-state index in [0.717, 1.165) is 18.3 Å². The maximum Gasteiger partial charge on any atom is 0.293 e. The van der Waals surface area contributed by atoms with Crippen molar-refractivity contribution in [1.82, 2.24) is 0 Å². The molecule has 2 rings (SSSR count). The van der Waals surface area contributed by atoms with Gasteiger partial charge in [0, 0.05) is 0 Å². The predicted octanol–water partition coefficient (Wildman–Crippen LogP) is 1.98. The molecule has 2 aliphatic carbocycles. The molecule has 3 nitrogen and oxygen atoms in total. The first-order chi connectivity index (χ1) is 7.04. The Morgan fingerprint density at radius 3 is 2.40 bits per heavy atom. The minimum atomic E-state index is 0.0301. The number of rotatable bonds is 2. The van der Waals surface area contributed by atoms with E-state index in [4.69, 9.17) is 0 Å². The maximum atomic E-state index is 9.39. The fraction of sp³-hybridized carbons (Fsp3) is 0.917. The van der Waals surface area contributed by atoms with Gasteiger partial charge in [-0.1, -0.05) is 6.92 Å². The minimum Gasteiger partial charge on any atom is -0.465 e. The largest absolute Gasteiger partial charge is 0.465 e. The van der Waals surface area contributed by atoms with Crippen LogP contribution in [0.5, 0.6) is 0 Å². The number of hydrogen-bond donors (Lipinski definition) is 1. The second-order valence-electron chi connectivity index (χ2n) is 5.08. The molecule has 2 fully saturated rings. The van der Waals surface area contributed by atoms with Crippen LogP contribution in [0.15, 0.2) is 0 Å². The molecule has 0 aromatic carbocycles. The summed E-state index contributed by atoms with van der Waals surface area (Å²) in [4.78, 5) is 9.39. The number of carbonyl (C=O) groups excluding carboxylic acids is 1. The molecule has 0 spiro atoms. The average molecular weight is 214 g/mol. The first-order valence-corrected chi connectivity index (χ1v) is 5.81. The fourth-order valence-corrected chi connectivity index (χ4v) is 2.32. The molecule has 0 bridgehead atoms. The van der Waals surface area contributed by atoms with Gasteiger partial charge in [-0.2, -0.15) is 0 Å². The van der Waals surface area contributed by atoms with Crippen molar-refractivity contribution < 1.29 is 14.6 Å². The van der Waals surface area contributed by atoms with Gasteiger partial charge in [0.25, 0.3) is 6.47 Å². The van der Waals surface area contributed by atoms with Crippen molar-refractivity contribution in [3.8, 4) is 0 Å². The van der Waals surface area contributed by atoms with Crippen molar-refractivity contribution in [2.75, 3.05) is 0 Å². The Kier molecular flexibility index (Phi) is 4.58. The summed E-state index contributed by atoms with van der Waals surface area (Å²) in [7, 11) is 0. The number of fused-ring (bicyclic) bond motifs is 1. The van der Waals surface area contributed by atoms with Gasteiger partial charge >= 0.3 is 0 Å². The number of carbonyl (C=O) groups is 1. The van der Waals surface area contributed by atoms with E-state index in [1.165, 1.54) is 12.8 Å². The number of aliphatic hydroxyl groups excluding tert-OH is 1. The molecule has 2 aliphatic rings. The third-order valence-corrected chi connectivity index (χ3v) is 3.15. The van der Waals surface area contributed by atoms with Crippen molar-refractivity contribution in [3.05, 3.63) is 0 Å². The van der Waals surface area contributed by atoms with E-state index >= 15 is 0 Å². The van der Waals surface area contributed by atoms with Gasteiger partial charge < -0.3 is 9.84 Å². The predicted molar refractivity (Wildman–Crippen MR) is 58.3 cm³/mol. The molecule has 0 heterocycles. The summed E-state index contributed by atoms with van der Waals surface area (Å²) in [5, 5.41) is 9.39. The summed E-state index contributed by atoms with van der Waals surface area (Å²) < 4.78 is 4.36. The zero-order valence-electron chi connectivity index (χ0n) is 9.85. The van der Waals surface area contributed by atoms with Gasteiger partial charge in [0.2, 0.25) is 0 Å². The Labute approximate surface area is 91.8 Å². The Morgan fingerprint density at radius 1 is 1.33 bits per heavy atom. The van der Waals surface area contributed by atoms with Crippen molar-refractivity contribution in [2.24, 2.45) is 17.8 Å².